The number of carboxylic acid groups (broad SMARTS) is 1. The number of aliphatic carboxylic acids is 1. The Labute approximate surface area is 108 Å². The van der Waals surface area contributed by atoms with E-state index in [9.17, 15) is 9.90 Å². The number of hydrogen-bond acceptors (Lipinski definition) is 2. The van der Waals surface area contributed by atoms with Gasteiger partial charge in [-0.1, -0.05) is 37.3 Å². The Bertz CT molecular complexity index is 404. The highest BCUT2D eigenvalue weighted by molar-refractivity contribution is 5.71. The van der Waals surface area contributed by atoms with Gasteiger partial charge in [0.25, 0.3) is 0 Å². The molecule has 0 aromatic heterocycles. The van der Waals surface area contributed by atoms with E-state index in [2.05, 4.69) is 30.9 Å². The van der Waals surface area contributed by atoms with Crippen LogP contribution in [-0.4, -0.2) is 28.6 Å². The van der Waals surface area contributed by atoms with E-state index in [1.165, 1.54) is 5.56 Å². The maximum absolute atomic E-state index is 11.2. The van der Waals surface area contributed by atoms with E-state index in [-0.39, 0.29) is 12.0 Å². The molecular weight excluding hydrogens is 226 g/mol. The maximum atomic E-state index is 11.2. The minimum Gasteiger partial charge on any atom is -0.481 e. The van der Waals surface area contributed by atoms with E-state index in [1.807, 2.05) is 18.2 Å². The number of carbonyl (C=O) groups is 1. The molecule has 2 rings (SSSR count). The third kappa shape index (κ3) is 2.41. The summed E-state index contributed by atoms with van der Waals surface area (Å²) in [6, 6.07) is 10.8. The van der Waals surface area contributed by atoms with Crippen LogP contribution in [0, 0.1) is 5.92 Å². The lowest BCUT2D eigenvalue weighted by Crippen LogP contribution is -2.36. The molecule has 1 saturated heterocycles. The summed E-state index contributed by atoms with van der Waals surface area (Å²) >= 11 is 0. The Morgan fingerprint density at radius 2 is 2.11 bits per heavy atom. The van der Waals surface area contributed by atoms with E-state index in [1.54, 1.807) is 0 Å². The standard InChI is InChI=1S/C15H21NO2/c1-3-14-13(15(17)18)9-10-16(14)11(2)12-7-5-4-6-8-12/h4-8,11,13-14H,3,9-10H2,1-2H3,(H,17,18)/t11-,13-,14-/m0/s1. The fraction of sp³-hybridized carbons (Fsp3) is 0.533. The number of hydrogen-bond donors (Lipinski definition) is 1. The lowest BCUT2D eigenvalue weighted by Gasteiger charge is -2.31. The quantitative estimate of drug-likeness (QED) is 0.889. The van der Waals surface area contributed by atoms with Crippen LogP contribution in [-0.2, 0) is 4.79 Å². The van der Waals surface area contributed by atoms with Gasteiger partial charge in [-0.3, -0.25) is 9.69 Å². The van der Waals surface area contributed by atoms with Gasteiger partial charge in [0.1, 0.15) is 0 Å². The van der Waals surface area contributed by atoms with Gasteiger partial charge < -0.3 is 5.11 Å². The van der Waals surface area contributed by atoms with Crippen molar-refractivity contribution in [3.63, 3.8) is 0 Å². The summed E-state index contributed by atoms with van der Waals surface area (Å²) in [6.07, 6.45) is 1.67. The molecule has 1 aliphatic rings. The Kier molecular flexibility index (Phi) is 4.02. The zero-order valence-corrected chi connectivity index (χ0v) is 11.0. The average Bonchev–Trinajstić information content (AvgIpc) is 2.82. The molecule has 0 radical (unpaired) electrons. The van der Waals surface area contributed by atoms with Crippen molar-refractivity contribution in [2.75, 3.05) is 6.54 Å². The van der Waals surface area contributed by atoms with E-state index < -0.39 is 5.97 Å². The molecule has 3 nitrogen and oxygen atoms in total. The zero-order chi connectivity index (χ0) is 13.1. The third-order valence-corrected chi connectivity index (χ3v) is 4.10. The first kappa shape index (κ1) is 13.1. The largest absolute Gasteiger partial charge is 0.481 e. The fourth-order valence-electron chi connectivity index (χ4n) is 3.09. The number of likely N-dealkylation sites (tertiary alicyclic amines) is 1. The van der Waals surface area contributed by atoms with Crippen molar-refractivity contribution in [3.8, 4) is 0 Å². The summed E-state index contributed by atoms with van der Waals surface area (Å²) in [5.41, 5.74) is 1.27. The first-order chi connectivity index (χ1) is 8.65. The van der Waals surface area contributed by atoms with Crippen LogP contribution in [0.15, 0.2) is 30.3 Å². The van der Waals surface area contributed by atoms with Crippen LogP contribution in [0.25, 0.3) is 0 Å². The summed E-state index contributed by atoms with van der Waals surface area (Å²) in [4.78, 5) is 13.6. The number of nitrogens with zero attached hydrogens (tertiary/aromatic N) is 1. The average molecular weight is 247 g/mol. The molecule has 1 aromatic carbocycles. The summed E-state index contributed by atoms with van der Waals surface area (Å²) in [5, 5.41) is 9.26. The monoisotopic (exact) mass is 247 g/mol. The van der Waals surface area contributed by atoms with Gasteiger partial charge in [-0.15, -0.1) is 0 Å². The smallest absolute Gasteiger partial charge is 0.308 e. The summed E-state index contributed by atoms with van der Waals surface area (Å²) in [6.45, 7) is 5.13. The first-order valence-corrected chi connectivity index (χ1v) is 6.68. The molecule has 0 unspecified atom stereocenters. The molecule has 1 aromatic rings. The number of rotatable bonds is 4. The molecule has 1 aliphatic heterocycles. The van der Waals surface area contributed by atoms with Crippen LogP contribution < -0.4 is 0 Å². The van der Waals surface area contributed by atoms with E-state index >= 15 is 0 Å². The molecule has 1 N–H and O–H groups in total. The van der Waals surface area contributed by atoms with Crippen LogP contribution in [0.3, 0.4) is 0 Å². The summed E-state index contributed by atoms with van der Waals surface area (Å²) in [7, 11) is 0. The molecule has 0 saturated carbocycles. The van der Waals surface area contributed by atoms with Gasteiger partial charge in [-0.2, -0.15) is 0 Å². The van der Waals surface area contributed by atoms with E-state index in [0.717, 1.165) is 19.4 Å². The third-order valence-electron chi connectivity index (χ3n) is 4.10. The second kappa shape index (κ2) is 5.53. The lowest BCUT2D eigenvalue weighted by atomic mass is 9.97. The normalized spacial score (nSPS) is 26.1. The van der Waals surface area contributed by atoms with Gasteiger partial charge in [0.05, 0.1) is 5.92 Å². The van der Waals surface area contributed by atoms with Crippen LogP contribution in [0.4, 0.5) is 0 Å². The molecule has 0 amide bonds. The van der Waals surface area contributed by atoms with Crippen LogP contribution in [0.2, 0.25) is 0 Å². The summed E-state index contributed by atoms with van der Waals surface area (Å²) in [5.74, 6) is -0.856. The molecule has 3 atom stereocenters. The van der Waals surface area contributed by atoms with Gasteiger partial charge in [-0.25, -0.2) is 0 Å². The minimum absolute atomic E-state index is 0.165. The van der Waals surface area contributed by atoms with Crippen LogP contribution in [0.5, 0.6) is 0 Å². The van der Waals surface area contributed by atoms with Gasteiger partial charge in [0, 0.05) is 12.1 Å². The van der Waals surface area contributed by atoms with Crippen molar-refractivity contribution in [3.05, 3.63) is 35.9 Å². The van der Waals surface area contributed by atoms with E-state index in [0.29, 0.717) is 6.04 Å². The van der Waals surface area contributed by atoms with Crippen molar-refractivity contribution in [2.24, 2.45) is 5.92 Å². The molecular formula is C15H21NO2. The first-order valence-electron chi connectivity index (χ1n) is 6.68. The highest BCUT2D eigenvalue weighted by atomic mass is 16.4. The fourth-order valence-corrected chi connectivity index (χ4v) is 3.09. The van der Waals surface area contributed by atoms with Crippen LogP contribution >= 0.6 is 0 Å². The molecule has 3 heteroatoms. The topological polar surface area (TPSA) is 40.5 Å². The number of carboxylic acids is 1. The molecule has 1 heterocycles. The molecule has 1 fully saturated rings. The molecule has 98 valence electrons. The van der Waals surface area contributed by atoms with Gasteiger partial charge in [0.15, 0.2) is 0 Å². The Morgan fingerprint density at radius 1 is 1.44 bits per heavy atom. The molecule has 0 bridgehead atoms. The zero-order valence-electron chi connectivity index (χ0n) is 11.0. The highest BCUT2D eigenvalue weighted by Gasteiger charge is 2.39. The second-order valence-corrected chi connectivity index (χ2v) is 5.03. The van der Waals surface area contributed by atoms with Crippen molar-refractivity contribution in [2.45, 2.75) is 38.8 Å². The Morgan fingerprint density at radius 3 is 2.67 bits per heavy atom. The molecule has 18 heavy (non-hydrogen) atoms. The predicted octanol–water partition coefficient (Wildman–Crippen LogP) is 2.93. The van der Waals surface area contributed by atoms with Gasteiger partial charge in [0.2, 0.25) is 0 Å². The number of benzene rings is 1. The van der Waals surface area contributed by atoms with Crippen molar-refractivity contribution in [1.29, 1.82) is 0 Å². The lowest BCUT2D eigenvalue weighted by molar-refractivity contribution is -0.142. The molecule has 0 aliphatic carbocycles. The van der Waals surface area contributed by atoms with Crippen molar-refractivity contribution < 1.29 is 9.90 Å². The van der Waals surface area contributed by atoms with Gasteiger partial charge >= 0.3 is 5.97 Å². The molecule has 0 spiro atoms. The van der Waals surface area contributed by atoms with Crippen LogP contribution in [0.1, 0.15) is 38.3 Å². The van der Waals surface area contributed by atoms with Crippen molar-refractivity contribution in [1.82, 2.24) is 4.90 Å². The maximum Gasteiger partial charge on any atom is 0.308 e. The Hall–Kier alpha value is -1.35. The Balaban J connectivity index is 2.16. The minimum atomic E-state index is -0.649. The summed E-state index contributed by atoms with van der Waals surface area (Å²) < 4.78 is 0. The van der Waals surface area contributed by atoms with Gasteiger partial charge in [-0.05, 0) is 31.9 Å². The highest BCUT2D eigenvalue weighted by Crippen LogP contribution is 2.34. The second-order valence-electron chi connectivity index (χ2n) is 5.03. The predicted molar refractivity (Wildman–Crippen MR) is 71.4 cm³/mol. The van der Waals surface area contributed by atoms with Crippen molar-refractivity contribution >= 4 is 5.97 Å². The SMILES string of the molecule is CC[C@H]1[C@@H](C(=O)O)CCN1[C@@H](C)c1ccccc1. The van der Waals surface area contributed by atoms with E-state index in [4.69, 9.17) is 0 Å².